The van der Waals surface area contributed by atoms with Gasteiger partial charge in [0.05, 0.1) is 14.2 Å². The van der Waals surface area contributed by atoms with Crippen molar-refractivity contribution in [1.29, 1.82) is 0 Å². The normalized spacial score (nSPS) is 18.0. The Bertz CT molecular complexity index is 676. The van der Waals surface area contributed by atoms with Gasteiger partial charge in [-0.1, -0.05) is 13.3 Å². The molecule has 3 rings (SSSR count). The second-order valence-corrected chi connectivity index (χ2v) is 7.13. The third kappa shape index (κ3) is 4.58. The predicted octanol–water partition coefficient (Wildman–Crippen LogP) is 4.08. The number of aromatic nitrogens is 2. The molecule has 2 aromatic rings. The van der Waals surface area contributed by atoms with E-state index in [0.29, 0.717) is 5.92 Å². The fourth-order valence-electron chi connectivity index (χ4n) is 3.82. The average molecular weight is 357 g/mol. The number of unbranched alkanes of at least 4 members (excludes halogenated alkanes) is 1. The highest BCUT2D eigenvalue weighted by Gasteiger charge is 2.24. The van der Waals surface area contributed by atoms with Gasteiger partial charge in [-0.05, 0) is 43.5 Å². The smallest absolute Gasteiger partial charge is 0.122 e. The van der Waals surface area contributed by atoms with Crippen LogP contribution in [0, 0.1) is 0 Å². The van der Waals surface area contributed by atoms with Crippen molar-refractivity contribution in [3.8, 4) is 11.5 Å². The molecular formula is C21H31N3O2. The zero-order valence-electron chi connectivity index (χ0n) is 16.3. The maximum Gasteiger partial charge on any atom is 0.122 e. The molecule has 1 fully saturated rings. The molecule has 1 aliphatic heterocycles. The lowest BCUT2D eigenvalue weighted by Crippen LogP contribution is -2.35. The van der Waals surface area contributed by atoms with E-state index in [9.17, 15) is 0 Å². The minimum atomic E-state index is 0.517. The van der Waals surface area contributed by atoms with Crippen LogP contribution in [-0.4, -0.2) is 41.8 Å². The predicted molar refractivity (Wildman–Crippen MR) is 104 cm³/mol. The van der Waals surface area contributed by atoms with Crippen molar-refractivity contribution < 1.29 is 9.47 Å². The van der Waals surface area contributed by atoms with Crippen LogP contribution in [0.5, 0.6) is 11.5 Å². The number of piperidine rings is 1. The summed E-state index contributed by atoms with van der Waals surface area (Å²) < 4.78 is 13.2. The number of aryl methyl sites for hydroxylation is 1. The second-order valence-electron chi connectivity index (χ2n) is 7.13. The lowest BCUT2D eigenvalue weighted by Gasteiger charge is -2.32. The van der Waals surface area contributed by atoms with Crippen molar-refractivity contribution in [2.75, 3.05) is 27.3 Å². The molecule has 1 aromatic carbocycles. The first kappa shape index (κ1) is 18.8. The Labute approximate surface area is 156 Å². The first-order valence-corrected chi connectivity index (χ1v) is 9.68. The maximum absolute atomic E-state index is 5.41. The summed E-state index contributed by atoms with van der Waals surface area (Å²) in [6, 6.07) is 6.13. The molecule has 0 bridgehead atoms. The number of hydrogen-bond acceptors (Lipinski definition) is 4. The van der Waals surface area contributed by atoms with Crippen LogP contribution in [0.2, 0.25) is 0 Å². The van der Waals surface area contributed by atoms with Crippen molar-refractivity contribution in [3.63, 3.8) is 0 Å². The number of ether oxygens (including phenoxy) is 2. The van der Waals surface area contributed by atoms with Gasteiger partial charge in [-0.3, -0.25) is 4.90 Å². The van der Waals surface area contributed by atoms with Gasteiger partial charge in [0, 0.05) is 44.0 Å². The number of likely N-dealkylation sites (tertiary alicyclic amines) is 1. The number of rotatable bonds is 8. The van der Waals surface area contributed by atoms with Crippen LogP contribution in [0.25, 0.3) is 0 Å². The zero-order valence-corrected chi connectivity index (χ0v) is 16.3. The standard InChI is InChI=1S/C21H31N3O2/c1-4-5-10-24-11-8-22-21(24)18-7-6-9-23(16-18)15-17-12-19(25-2)14-20(13-17)26-3/h8,11-14,18H,4-7,9-10,15-16H2,1-3H3/t18-/m1/s1. The molecule has 0 aliphatic carbocycles. The van der Waals surface area contributed by atoms with Crippen LogP contribution in [0.1, 0.15) is 49.9 Å². The van der Waals surface area contributed by atoms with E-state index in [1.165, 1.54) is 37.1 Å². The molecule has 142 valence electrons. The molecule has 0 amide bonds. The minimum absolute atomic E-state index is 0.517. The fourth-order valence-corrected chi connectivity index (χ4v) is 3.82. The van der Waals surface area contributed by atoms with Crippen molar-refractivity contribution in [2.24, 2.45) is 0 Å². The quantitative estimate of drug-likeness (QED) is 0.714. The monoisotopic (exact) mass is 357 g/mol. The molecule has 0 N–H and O–H groups in total. The number of nitrogens with zero attached hydrogens (tertiary/aromatic N) is 3. The Morgan fingerprint density at radius 3 is 2.62 bits per heavy atom. The van der Waals surface area contributed by atoms with Crippen LogP contribution in [0.15, 0.2) is 30.6 Å². The van der Waals surface area contributed by atoms with E-state index < -0.39 is 0 Å². The van der Waals surface area contributed by atoms with Gasteiger partial charge in [-0.2, -0.15) is 0 Å². The Hall–Kier alpha value is -2.01. The number of hydrogen-bond donors (Lipinski definition) is 0. The van der Waals surface area contributed by atoms with E-state index in [1.54, 1.807) is 14.2 Å². The third-order valence-electron chi connectivity index (χ3n) is 5.19. The Kier molecular flexibility index (Phi) is 6.56. The number of imidazole rings is 1. The zero-order chi connectivity index (χ0) is 18.4. The molecule has 1 atom stereocenters. The molecular weight excluding hydrogens is 326 g/mol. The summed E-state index contributed by atoms with van der Waals surface area (Å²) in [6.07, 6.45) is 8.96. The van der Waals surface area contributed by atoms with Crippen LogP contribution >= 0.6 is 0 Å². The van der Waals surface area contributed by atoms with E-state index in [-0.39, 0.29) is 0 Å². The van der Waals surface area contributed by atoms with Gasteiger partial charge < -0.3 is 14.0 Å². The van der Waals surface area contributed by atoms with E-state index in [0.717, 1.165) is 37.7 Å². The highest BCUT2D eigenvalue weighted by molar-refractivity contribution is 5.38. The fraction of sp³-hybridized carbons (Fsp3) is 0.571. The second kappa shape index (κ2) is 9.08. The van der Waals surface area contributed by atoms with Gasteiger partial charge in [0.25, 0.3) is 0 Å². The minimum Gasteiger partial charge on any atom is -0.497 e. The topological polar surface area (TPSA) is 39.5 Å². The van der Waals surface area contributed by atoms with Crippen molar-refractivity contribution in [1.82, 2.24) is 14.5 Å². The molecule has 5 heteroatoms. The van der Waals surface area contributed by atoms with Gasteiger partial charge in [0.1, 0.15) is 17.3 Å². The Morgan fingerprint density at radius 1 is 1.15 bits per heavy atom. The van der Waals surface area contributed by atoms with E-state index in [2.05, 4.69) is 39.7 Å². The molecule has 0 saturated carbocycles. The van der Waals surface area contributed by atoms with Crippen molar-refractivity contribution in [2.45, 2.75) is 51.6 Å². The van der Waals surface area contributed by atoms with Crippen molar-refractivity contribution >= 4 is 0 Å². The molecule has 5 nitrogen and oxygen atoms in total. The molecule has 1 aliphatic rings. The van der Waals surface area contributed by atoms with Crippen LogP contribution < -0.4 is 9.47 Å². The first-order chi connectivity index (χ1) is 12.7. The summed E-state index contributed by atoms with van der Waals surface area (Å²) in [7, 11) is 3.40. The Balaban J connectivity index is 1.68. The molecule has 0 spiro atoms. The van der Waals surface area contributed by atoms with Gasteiger partial charge in [-0.25, -0.2) is 4.98 Å². The van der Waals surface area contributed by atoms with Crippen molar-refractivity contribution in [3.05, 3.63) is 42.0 Å². The van der Waals surface area contributed by atoms with Gasteiger partial charge >= 0.3 is 0 Å². The molecule has 0 radical (unpaired) electrons. The van der Waals surface area contributed by atoms with Gasteiger partial charge in [0.2, 0.25) is 0 Å². The maximum atomic E-state index is 5.41. The highest BCUT2D eigenvalue weighted by Crippen LogP contribution is 2.29. The number of benzene rings is 1. The average Bonchev–Trinajstić information content (AvgIpc) is 3.14. The van der Waals surface area contributed by atoms with E-state index in [4.69, 9.17) is 9.47 Å². The molecule has 1 saturated heterocycles. The lowest BCUT2D eigenvalue weighted by atomic mass is 9.96. The van der Waals surface area contributed by atoms with Gasteiger partial charge in [-0.15, -0.1) is 0 Å². The third-order valence-corrected chi connectivity index (χ3v) is 5.19. The summed E-state index contributed by atoms with van der Waals surface area (Å²) in [5.74, 6) is 3.47. The van der Waals surface area contributed by atoms with Gasteiger partial charge in [0.15, 0.2) is 0 Å². The number of methoxy groups -OCH3 is 2. The summed E-state index contributed by atoms with van der Waals surface area (Å²) >= 11 is 0. The van der Waals surface area contributed by atoms with E-state index in [1.807, 2.05) is 12.3 Å². The molecule has 1 aromatic heterocycles. The Morgan fingerprint density at radius 2 is 1.92 bits per heavy atom. The van der Waals surface area contributed by atoms with Crippen LogP contribution in [0.3, 0.4) is 0 Å². The van der Waals surface area contributed by atoms with E-state index >= 15 is 0 Å². The highest BCUT2D eigenvalue weighted by atomic mass is 16.5. The van der Waals surface area contributed by atoms with Crippen LogP contribution in [-0.2, 0) is 13.1 Å². The summed E-state index contributed by atoms with van der Waals surface area (Å²) in [4.78, 5) is 7.21. The first-order valence-electron chi connectivity index (χ1n) is 9.68. The molecule has 26 heavy (non-hydrogen) atoms. The summed E-state index contributed by atoms with van der Waals surface area (Å²) in [5, 5.41) is 0. The lowest BCUT2D eigenvalue weighted by molar-refractivity contribution is 0.194. The SMILES string of the molecule is CCCCn1ccnc1[C@@H]1CCCN(Cc2cc(OC)cc(OC)c2)C1. The summed E-state index contributed by atoms with van der Waals surface area (Å²) in [6.45, 7) is 6.42. The summed E-state index contributed by atoms with van der Waals surface area (Å²) in [5.41, 5.74) is 1.23. The van der Waals surface area contributed by atoms with Crippen LogP contribution in [0.4, 0.5) is 0 Å². The molecule has 2 heterocycles. The largest absolute Gasteiger partial charge is 0.497 e. The molecule has 0 unspecified atom stereocenters.